The van der Waals surface area contributed by atoms with Gasteiger partial charge in [-0.15, -0.1) is 22.7 Å². The Morgan fingerprint density at radius 3 is 2.58 bits per heavy atom. The summed E-state index contributed by atoms with van der Waals surface area (Å²) in [4.78, 5) is 2.63. The number of hydrogen-bond acceptors (Lipinski definition) is 3. The van der Waals surface area contributed by atoms with Crippen LogP contribution in [0.3, 0.4) is 0 Å². The van der Waals surface area contributed by atoms with E-state index in [0.29, 0.717) is 5.92 Å². The highest BCUT2D eigenvalue weighted by molar-refractivity contribution is 7.20. The monoisotopic (exact) mass is 446 g/mol. The summed E-state index contributed by atoms with van der Waals surface area (Å²) in [7, 11) is 0. The first kappa shape index (κ1) is 20.8. The molecule has 160 valence electrons. The van der Waals surface area contributed by atoms with Crippen molar-refractivity contribution in [1.82, 2.24) is 0 Å². The third-order valence-electron chi connectivity index (χ3n) is 6.56. The van der Waals surface area contributed by atoms with Crippen molar-refractivity contribution in [3.8, 4) is 15.5 Å². The highest BCUT2D eigenvalue weighted by atomic mass is 32.1. The van der Waals surface area contributed by atoms with E-state index in [4.69, 9.17) is 4.74 Å². The molecule has 5 rings (SSSR count). The molecule has 1 aromatic carbocycles. The van der Waals surface area contributed by atoms with Crippen LogP contribution in [0.2, 0.25) is 0 Å². The summed E-state index contributed by atoms with van der Waals surface area (Å²) in [5.41, 5.74) is 4.62. The van der Waals surface area contributed by atoms with Crippen molar-refractivity contribution in [3.05, 3.63) is 87.6 Å². The predicted molar refractivity (Wildman–Crippen MR) is 134 cm³/mol. The third kappa shape index (κ3) is 3.62. The Hall–Kier alpha value is -2.10. The fraction of sp³-hybridized carbons (Fsp3) is 0.357. The second kappa shape index (κ2) is 8.80. The van der Waals surface area contributed by atoms with E-state index in [1.54, 1.807) is 11.3 Å². The molecule has 0 radical (unpaired) electrons. The van der Waals surface area contributed by atoms with Gasteiger partial charge in [-0.2, -0.15) is 0 Å². The van der Waals surface area contributed by atoms with E-state index >= 15 is 0 Å². The molecule has 3 heteroatoms. The lowest BCUT2D eigenvalue weighted by atomic mass is 9.77. The summed E-state index contributed by atoms with van der Waals surface area (Å²) < 4.78 is 7.02. The molecule has 3 aromatic rings. The molecule has 2 aromatic heterocycles. The van der Waals surface area contributed by atoms with Crippen molar-refractivity contribution in [1.29, 1.82) is 0 Å². The van der Waals surface area contributed by atoms with Crippen LogP contribution in [-0.4, -0.2) is 0 Å². The van der Waals surface area contributed by atoms with Gasteiger partial charge in [-0.05, 0) is 60.1 Å². The van der Waals surface area contributed by atoms with Crippen molar-refractivity contribution in [2.24, 2.45) is 5.92 Å². The number of allylic oxidation sites excluding steroid dienone is 2. The lowest BCUT2D eigenvalue weighted by Gasteiger charge is -2.39. The summed E-state index contributed by atoms with van der Waals surface area (Å²) in [6.07, 6.45) is 14.3. The Morgan fingerprint density at radius 1 is 0.968 bits per heavy atom. The average Bonchev–Trinajstić information content (AvgIpc) is 3.40. The van der Waals surface area contributed by atoms with Gasteiger partial charge in [0.25, 0.3) is 0 Å². The molecular formula is C28H30OS2. The van der Waals surface area contributed by atoms with E-state index in [1.807, 2.05) is 11.3 Å². The molecule has 0 amide bonds. The van der Waals surface area contributed by atoms with E-state index in [2.05, 4.69) is 79.2 Å². The number of thiophene rings is 2. The molecule has 0 saturated carbocycles. The van der Waals surface area contributed by atoms with Crippen LogP contribution >= 0.6 is 22.7 Å². The first-order valence-electron chi connectivity index (χ1n) is 11.6. The Bertz CT molecular complexity index is 1100. The van der Waals surface area contributed by atoms with Crippen molar-refractivity contribution >= 4 is 22.7 Å². The maximum atomic E-state index is 7.02. The van der Waals surface area contributed by atoms with Gasteiger partial charge in [-0.3, -0.25) is 0 Å². The van der Waals surface area contributed by atoms with Crippen LogP contribution in [0.5, 0.6) is 5.75 Å². The smallest absolute Gasteiger partial charge is 0.185 e. The van der Waals surface area contributed by atoms with Crippen molar-refractivity contribution < 1.29 is 4.74 Å². The zero-order valence-corrected chi connectivity index (χ0v) is 20.0. The minimum Gasteiger partial charge on any atom is -0.471 e. The van der Waals surface area contributed by atoms with Gasteiger partial charge >= 0.3 is 0 Å². The summed E-state index contributed by atoms with van der Waals surface area (Å²) in [6, 6.07) is 13.6. The zero-order valence-electron chi connectivity index (χ0n) is 18.4. The second-order valence-corrected chi connectivity index (χ2v) is 10.5. The van der Waals surface area contributed by atoms with Crippen molar-refractivity contribution in [2.45, 2.75) is 58.0 Å². The molecule has 0 bridgehead atoms. The quantitative estimate of drug-likeness (QED) is 0.368. The summed E-state index contributed by atoms with van der Waals surface area (Å²) in [5, 5.41) is 4.38. The number of ether oxygens (including phenoxy) is 1. The van der Waals surface area contributed by atoms with E-state index in [-0.39, 0.29) is 0 Å². The Morgan fingerprint density at radius 2 is 1.77 bits per heavy atom. The van der Waals surface area contributed by atoms with Crippen LogP contribution in [0.1, 0.15) is 62.6 Å². The summed E-state index contributed by atoms with van der Waals surface area (Å²) >= 11 is 3.62. The van der Waals surface area contributed by atoms with Crippen LogP contribution in [0.25, 0.3) is 9.75 Å². The van der Waals surface area contributed by atoms with Crippen LogP contribution in [0.4, 0.5) is 0 Å². The van der Waals surface area contributed by atoms with Crippen molar-refractivity contribution in [2.75, 3.05) is 0 Å². The number of hydrogen-bond donors (Lipinski definition) is 0. The van der Waals surface area contributed by atoms with E-state index in [1.165, 1.54) is 57.7 Å². The minimum atomic E-state index is -0.578. The Kier molecular flexibility index (Phi) is 5.90. The highest BCUT2D eigenvalue weighted by Crippen LogP contribution is 2.55. The molecule has 1 nitrogen and oxygen atoms in total. The largest absolute Gasteiger partial charge is 0.471 e. The third-order valence-corrected chi connectivity index (χ3v) is 8.53. The van der Waals surface area contributed by atoms with Crippen molar-refractivity contribution in [3.63, 3.8) is 0 Å². The second-order valence-electron chi connectivity index (χ2n) is 8.65. The first-order valence-corrected chi connectivity index (χ1v) is 13.3. The van der Waals surface area contributed by atoms with E-state index in [0.717, 1.165) is 18.6 Å². The van der Waals surface area contributed by atoms with Crippen LogP contribution < -0.4 is 4.74 Å². The van der Waals surface area contributed by atoms with Gasteiger partial charge in [-0.1, -0.05) is 69.2 Å². The van der Waals surface area contributed by atoms with Gasteiger partial charge < -0.3 is 4.74 Å². The normalized spacial score (nSPS) is 22.3. The van der Waals surface area contributed by atoms with Gasteiger partial charge in [0.1, 0.15) is 5.75 Å². The fourth-order valence-corrected chi connectivity index (χ4v) is 6.99. The molecule has 31 heavy (non-hydrogen) atoms. The minimum absolute atomic E-state index is 0.578. The molecule has 0 spiro atoms. The number of rotatable bonds is 6. The molecule has 3 heterocycles. The lowest BCUT2D eigenvalue weighted by Crippen LogP contribution is -2.38. The van der Waals surface area contributed by atoms with Crippen LogP contribution in [-0.2, 0) is 12.0 Å². The lowest BCUT2D eigenvalue weighted by molar-refractivity contribution is 0.152. The number of aryl methyl sites for hydroxylation is 1. The molecule has 0 fully saturated rings. The molecule has 1 aliphatic carbocycles. The number of benzene rings is 1. The SMILES string of the molecule is CCCc1ccc(C2(C3=CCCC(CCC)C=C3)Oc3ccsc3-c3sccc32)cc1. The molecule has 2 atom stereocenters. The fourth-order valence-electron chi connectivity index (χ4n) is 5.05. The van der Waals surface area contributed by atoms with Gasteiger partial charge in [0.2, 0.25) is 0 Å². The van der Waals surface area contributed by atoms with Gasteiger partial charge in [0, 0.05) is 16.7 Å². The highest BCUT2D eigenvalue weighted by Gasteiger charge is 2.46. The summed E-state index contributed by atoms with van der Waals surface area (Å²) in [6.45, 7) is 4.52. The molecule has 0 N–H and O–H groups in total. The topological polar surface area (TPSA) is 9.23 Å². The molecule has 2 aliphatic rings. The van der Waals surface area contributed by atoms with Crippen LogP contribution in [0.15, 0.2) is 71.0 Å². The molecular weight excluding hydrogens is 416 g/mol. The predicted octanol–water partition coefficient (Wildman–Crippen LogP) is 8.76. The Labute approximate surface area is 194 Å². The standard InChI is InChI=1S/C28H30OS2/c1-3-6-20-8-5-9-22(13-10-20)28(23-14-11-21(7-4-2)12-15-23)24-16-18-30-26(24)27-25(29-28)17-19-31-27/h9-20H,3-8H2,1-2H3. The van der Waals surface area contributed by atoms with Gasteiger partial charge in [-0.25, -0.2) is 0 Å². The van der Waals surface area contributed by atoms with E-state index < -0.39 is 5.60 Å². The maximum absolute atomic E-state index is 7.02. The Balaban J connectivity index is 1.68. The molecule has 0 saturated heterocycles. The average molecular weight is 447 g/mol. The zero-order chi connectivity index (χ0) is 21.3. The molecule has 1 aliphatic heterocycles. The number of fused-ring (bicyclic) bond motifs is 3. The summed E-state index contributed by atoms with van der Waals surface area (Å²) in [5.74, 6) is 1.67. The van der Waals surface area contributed by atoms with E-state index in [9.17, 15) is 0 Å². The molecule has 2 unspecified atom stereocenters. The maximum Gasteiger partial charge on any atom is 0.185 e. The van der Waals surface area contributed by atoms with Gasteiger partial charge in [0.05, 0.1) is 9.75 Å². The van der Waals surface area contributed by atoms with Crippen LogP contribution in [0, 0.1) is 5.92 Å². The van der Waals surface area contributed by atoms with Gasteiger partial charge in [0.15, 0.2) is 5.60 Å². The first-order chi connectivity index (χ1) is 15.3.